The van der Waals surface area contributed by atoms with Crippen molar-refractivity contribution in [2.75, 3.05) is 18.5 Å². The van der Waals surface area contributed by atoms with E-state index in [0.717, 1.165) is 4.90 Å². The molecule has 0 bridgehead atoms. The molecule has 1 atom stereocenters. The van der Waals surface area contributed by atoms with Crippen LogP contribution in [0.4, 0.5) is 18.9 Å². The number of benzene rings is 1. The van der Waals surface area contributed by atoms with E-state index in [0.29, 0.717) is 25.0 Å². The van der Waals surface area contributed by atoms with Gasteiger partial charge in [-0.25, -0.2) is 13.2 Å². The van der Waals surface area contributed by atoms with Crippen LogP contribution in [0.3, 0.4) is 0 Å². The summed E-state index contributed by atoms with van der Waals surface area (Å²) in [5.41, 5.74) is -0.471. The van der Waals surface area contributed by atoms with Gasteiger partial charge in [0.05, 0.1) is 6.04 Å². The number of anilines is 1. The first-order valence-electron chi connectivity index (χ1n) is 5.67. The van der Waals surface area contributed by atoms with E-state index in [1.165, 1.54) is 0 Å². The van der Waals surface area contributed by atoms with Crippen LogP contribution in [0.15, 0.2) is 12.1 Å². The molecule has 1 aliphatic rings. The maximum atomic E-state index is 13.6. The molecule has 1 N–H and O–H groups in total. The SMILES string of the molecule is CNC1CCCN(c2c(F)cc(F)cc2F)C1=O. The standard InChI is InChI=1S/C12H13F3N2O/c1-16-10-3-2-4-17(12(10)18)11-8(14)5-7(13)6-9(11)15/h5-6,10,16H,2-4H2,1H3. The van der Waals surface area contributed by atoms with Crippen molar-refractivity contribution < 1.29 is 18.0 Å². The number of piperidine rings is 1. The molecule has 0 saturated carbocycles. The smallest absolute Gasteiger partial charge is 0.244 e. The lowest BCUT2D eigenvalue weighted by Gasteiger charge is -2.32. The average molecular weight is 258 g/mol. The Hall–Kier alpha value is -1.56. The van der Waals surface area contributed by atoms with E-state index in [1.807, 2.05) is 0 Å². The van der Waals surface area contributed by atoms with Crippen LogP contribution < -0.4 is 10.2 Å². The molecule has 0 spiro atoms. The van der Waals surface area contributed by atoms with E-state index in [9.17, 15) is 18.0 Å². The Bertz CT molecular complexity index is 455. The molecule has 1 amide bonds. The molecule has 1 unspecified atom stereocenters. The lowest BCUT2D eigenvalue weighted by atomic mass is 10.0. The van der Waals surface area contributed by atoms with Crippen molar-refractivity contribution in [1.29, 1.82) is 0 Å². The molecule has 1 aliphatic heterocycles. The topological polar surface area (TPSA) is 32.3 Å². The van der Waals surface area contributed by atoms with Crippen molar-refractivity contribution >= 4 is 11.6 Å². The van der Waals surface area contributed by atoms with Gasteiger partial charge in [0.15, 0.2) is 11.6 Å². The normalized spacial score (nSPS) is 20.3. The Labute approximate surface area is 103 Å². The number of nitrogens with zero attached hydrogens (tertiary/aromatic N) is 1. The molecule has 1 aromatic carbocycles. The minimum atomic E-state index is -1.06. The van der Waals surface area contributed by atoms with Crippen LogP contribution in [0.1, 0.15) is 12.8 Å². The highest BCUT2D eigenvalue weighted by Crippen LogP contribution is 2.28. The number of carbonyl (C=O) groups excluding carboxylic acids is 1. The first-order chi connectivity index (χ1) is 8.54. The second kappa shape index (κ2) is 4.97. The predicted octanol–water partition coefficient (Wildman–Crippen LogP) is 1.82. The number of carbonyl (C=O) groups is 1. The van der Waals surface area contributed by atoms with Crippen molar-refractivity contribution in [3.8, 4) is 0 Å². The van der Waals surface area contributed by atoms with E-state index >= 15 is 0 Å². The van der Waals surface area contributed by atoms with Crippen molar-refractivity contribution in [3.63, 3.8) is 0 Å². The molecule has 0 radical (unpaired) electrons. The zero-order valence-electron chi connectivity index (χ0n) is 9.84. The first-order valence-corrected chi connectivity index (χ1v) is 5.67. The van der Waals surface area contributed by atoms with Crippen molar-refractivity contribution in [2.24, 2.45) is 0 Å². The zero-order chi connectivity index (χ0) is 13.3. The molecule has 1 aromatic rings. The number of hydrogen-bond donors (Lipinski definition) is 1. The first kappa shape index (κ1) is 12.9. The highest BCUT2D eigenvalue weighted by molar-refractivity contribution is 5.98. The summed E-state index contributed by atoms with van der Waals surface area (Å²) in [7, 11) is 1.61. The van der Waals surface area contributed by atoms with Crippen LogP contribution in [0.5, 0.6) is 0 Å². The van der Waals surface area contributed by atoms with Crippen LogP contribution in [0.2, 0.25) is 0 Å². The fraction of sp³-hybridized carbons (Fsp3) is 0.417. The monoisotopic (exact) mass is 258 g/mol. The van der Waals surface area contributed by atoms with Crippen molar-refractivity contribution in [1.82, 2.24) is 5.32 Å². The van der Waals surface area contributed by atoms with Gasteiger partial charge in [-0.2, -0.15) is 0 Å². The minimum absolute atomic E-state index is 0.233. The highest BCUT2D eigenvalue weighted by Gasteiger charge is 2.31. The van der Waals surface area contributed by atoms with Crippen molar-refractivity contribution in [3.05, 3.63) is 29.6 Å². The molecule has 1 heterocycles. The van der Waals surface area contributed by atoms with Gasteiger partial charge in [0.2, 0.25) is 5.91 Å². The van der Waals surface area contributed by atoms with E-state index in [-0.39, 0.29) is 6.54 Å². The third-order valence-electron chi connectivity index (χ3n) is 3.04. The summed E-state index contributed by atoms with van der Waals surface area (Å²) in [6.07, 6.45) is 1.25. The predicted molar refractivity (Wildman–Crippen MR) is 60.8 cm³/mol. The number of halogens is 3. The van der Waals surface area contributed by atoms with Gasteiger partial charge in [0.25, 0.3) is 0 Å². The second-order valence-electron chi connectivity index (χ2n) is 4.19. The Morgan fingerprint density at radius 2 is 1.89 bits per heavy atom. The van der Waals surface area contributed by atoms with Gasteiger partial charge >= 0.3 is 0 Å². The number of likely N-dealkylation sites (N-methyl/N-ethyl adjacent to an activating group) is 1. The fourth-order valence-corrected chi connectivity index (χ4v) is 2.16. The molecule has 1 fully saturated rings. The molecule has 18 heavy (non-hydrogen) atoms. The van der Waals surface area contributed by atoms with Gasteiger partial charge in [0, 0.05) is 18.7 Å². The van der Waals surface area contributed by atoms with Crippen LogP contribution >= 0.6 is 0 Å². The van der Waals surface area contributed by atoms with Gasteiger partial charge in [-0.05, 0) is 19.9 Å². The largest absolute Gasteiger partial charge is 0.309 e. The molecular weight excluding hydrogens is 245 g/mol. The summed E-state index contributed by atoms with van der Waals surface area (Å²) in [5.74, 6) is -3.51. The van der Waals surface area contributed by atoms with Gasteiger partial charge in [-0.1, -0.05) is 0 Å². The molecule has 1 saturated heterocycles. The van der Waals surface area contributed by atoms with E-state index in [1.54, 1.807) is 7.05 Å². The molecule has 2 rings (SSSR count). The van der Waals surface area contributed by atoms with Crippen LogP contribution in [0.25, 0.3) is 0 Å². The lowest BCUT2D eigenvalue weighted by molar-refractivity contribution is -0.121. The number of hydrogen-bond acceptors (Lipinski definition) is 2. The van der Waals surface area contributed by atoms with Gasteiger partial charge < -0.3 is 10.2 Å². The van der Waals surface area contributed by atoms with E-state index in [2.05, 4.69) is 5.32 Å². The summed E-state index contributed by atoms with van der Waals surface area (Å²) in [4.78, 5) is 13.0. The summed E-state index contributed by atoms with van der Waals surface area (Å²) in [6.45, 7) is 0.233. The maximum absolute atomic E-state index is 13.6. The number of nitrogens with one attached hydrogen (secondary N) is 1. The number of rotatable bonds is 2. The van der Waals surface area contributed by atoms with Gasteiger partial charge in [0.1, 0.15) is 11.5 Å². The number of amides is 1. The molecule has 3 nitrogen and oxygen atoms in total. The fourth-order valence-electron chi connectivity index (χ4n) is 2.16. The van der Waals surface area contributed by atoms with E-state index in [4.69, 9.17) is 0 Å². The summed E-state index contributed by atoms with van der Waals surface area (Å²) < 4.78 is 40.0. The van der Waals surface area contributed by atoms with E-state index < -0.39 is 35.1 Å². The molecule has 98 valence electrons. The molecule has 0 aliphatic carbocycles. The summed E-state index contributed by atoms with van der Waals surface area (Å²) in [5, 5.41) is 2.79. The summed E-state index contributed by atoms with van der Waals surface area (Å²) in [6, 6.07) is 0.700. The Balaban J connectivity index is 2.39. The third kappa shape index (κ3) is 2.20. The quantitative estimate of drug-likeness (QED) is 0.877. The van der Waals surface area contributed by atoms with Crippen LogP contribution in [-0.4, -0.2) is 25.5 Å². The maximum Gasteiger partial charge on any atom is 0.244 e. The highest BCUT2D eigenvalue weighted by atomic mass is 19.1. The van der Waals surface area contributed by atoms with Gasteiger partial charge in [-0.3, -0.25) is 4.79 Å². The molecular formula is C12H13F3N2O. The molecule has 6 heteroatoms. The third-order valence-corrected chi connectivity index (χ3v) is 3.04. The van der Waals surface area contributed by atoms with Gasteiger partial charge in [-0.15, -0.1) is 0 Å². The minimum Gasteiger partial charge on any atom is -0.309 e. The van der Waals surface area contributed by atoms with Crippen LogP contribution in [0, 0.1) is 17.5 Å². The Morgan fingerprint density at radius 1 is 1.28 bits per heavy atom. The summed E-state index contributed by atoms with van der Waals surface area (Å²) >= 11 is 0. The second-order valence-corrected chi connectivity index (χ2v) is 4.19. The average Bonchev–Trinajstić information content (AvgIpc) is 2.30. The Morgan fingerprint density at radius 3 is 2.44 bits per heavy atom. The van der Waals surface area contributed by atoms with Crippen LogP contribution in [-0.2, 0) is 4.79 Å². The Kier molecular flexibility index (Phi) is 3.56. The lowest BCUT2D eigenvalue weighted by Crippen LogP contribution is -2.50. The van der Waals surface area contributed by atoms with Crippen molar-refractivity contribution in [2.45, 2.75) is 18.9 Å². The molecule has 0 aromatic heterocycles. The zero-order valence-corrected chi connectivity index (χ0v) is 9.84.